The second kappa shape index (κ2) is 4.30. The highest BCUT2D eigenvalue weighted by Crippen LogP contribution is 2.36. The number of rotatable bonds is 4. The van der Waals surface area contributed by atoms with Gasteiger partial charge in [-0.25, -0.2) is 4.98 Å². The van der Waals surface area contributed by atoms with Gasteiger partial charge >= 0.3 is 0 Å². The van der Waals surface area contributed by atoms with Crippen molar-refractivity contribution in [2.24, 2.45) is 11.8 Å². The summed E-state index contributed by atoms with van der Waals surface area (Å²) in [7, 11) is 0. The maximum atomic E-state index is 4.27. The third-order valence-corrected chi connectivity index (χ3v) is 3.42. The highest BCUT2D eigenvalue weighted by Gasteiger charge is 2.27. The van der Waals surface area contributed by atoms with Crippen LogP contribution in [0.3, 0.4) is 0 Å². The largest absolute Gasteiger partial charge is 0.369 e. The van der Waals surface area contributed by atoms with Crippen molar-refractivity contribution in [2.45, 2.75) is 19.8 Å². The van der Waals surface area contributed by atoms with Crippen LogP contribution in [0.2, 0.25) is 0 Å². The van der Waals surface area contributed by atoms with E-state index in [9.17, 15) is 0 Å². The van der Waals surface area contributed by atoms with Gasteiger partial charge in [0.25, 0.3) is 0 Å². The second-order valence-electron chi connectivity index (χ2n) is 4.03. The zero-order chi connectivity index (χ0) is 9.97. The zero-order valence-electron chi connectivity index (χ0n) is 8.33. The average Bonchev–Trinajstić information content (AvgIpc) is 2.99. The summed E-state index contributed by atoms with van der Waals surface area (Å²) in [6.07, 6.45) is 4.63. The molecule has 3 heteroatoms. The minimum Gasteiger partial charge on any atom is -0.369 e. The van der Waals surface area contributed by atoms with Gasteiger partial charge in [0.2, 0.25) is 0 Å². The Labute approximate surface area is 93.3 Å². The molecule has 1 aliphatic rings. The molecule has 1 aromatic rings. The summed E-state index contributed by atoms with van der Waals surface area (Å²) in [4.78, 5) is 4.27. The molecule has 0 radical (unpaired) electrons. The zero-order valence-corrected chi connectivity index (χ0v) is 9.92. The molecular formula is C11H15BrN2. The molecule has 0 aliphatic heterocycles. The molecule has 76 valence electrons. The van der Waals surface area contributed by atoms with Gasteiger partial charge in [-0.3, -0.25) is 0 Å². The molecule has 1 heterocycles. The van der Waals surface area contributed by atoms with Gasteiger partial charge in [-0.1, -0.05) is 6.92 Å². The topological polar surface area (TPSA) is 24.9 Å². The summed E-state index contributed by atoms with van der Waals surface area (Å²) in [6.45, 7) is 3.34. The fourth-order valence-electron chi connectivity index (χ4n) is 1.61. The van der Waals surface area contributed by atoms with E-state index in [4.69, 9.17) is 0 Å². The predicted molar refractivity (Wildman–Crippen MR) is 62.3 cm³/mol. The molecule has 1 atom stereocenters. The molecule has 1 saturated carbocycles. The summed E-state index contributed by atoms with van der Waals surface area (Å²) in [5.41, 5.74) is 0. The molecule has 0 aromatic carbocycles. The maximum Gasteiger partial charge on any atom is 0.140 e. The van der Waals surface area contributed by atoms with E-state index in [0.717, 1.165) is 28.7 Å². The van der Waals surface area contributed by atoms with E-state index in [1.807, 2.05) is 18.3 Å². The lowest BCUT2D eigenvalue weighted by molar-refractivity contribution is 0.536. The van der Waals surface area contributed by atoms with Crippen molar-refractivity contribution in [3.63, 3.8) is 0 Å². The first-order valence-corrected chi connectivity index (χ1v) is 5.91. The third-order valence-electron chi connectivity index (χ3n) is 2.78. The Hall–Kier alpha value is -0.570. The van der Waals surface area contributed by atoms with Crippen molar-refractivity contribution in [3.8, 4) is 0 Å². The van der Waals surface area contributed by atoms with Gasteiger partial charge in [0.1, 0.15) is 5.82 Å². The minimum absolute atomic E-state index is 0.768. The maximum absolute atomic E-state index is 4.27. The molecule has 1 aliphatic carbocycles. The van der Waals surface area contributed by atoms with E-state index in [2.05, 4.69) is 33.2 Å². The average molecular weight is 255 g/mol. The van der Waals surface area contributed by atoms with E-state index < -0.39 is 0 Å². The normalized spacial score (nSPS) is 17.9. The number of hydrogen-bond donors (Lipinski definition) is 1. The molecule has 1 aromatic heterocycles. The predicted octanol–water partition coefficient (Wildman–Crippen LogP) is 3.30. The van der Waals surface area contributed by atoms with Crippen LogP contribution >= 0.6 is 15.9 Å². The molecule has 0 amide bonds. The first-order chi connectivity index (χ1) is 6.77. The lowest BCUT2D eigenvalue weighted by Crippen LogP contribution is -2.13. The Morgan fingerprint density at radius 1 is 1.64 bits per heavy atom. The molecule has 1 N–H and O–H groups in total. The van der Waals surface area contributed by atoms with Crippen molar-refractivity contribution in [3.05, 3.63) is 22.8 Å². The lowest BCUT2D eigenvalue weighted by Gasteiger charge is -2.12. The van der Waals surface area contributed by atoms with Crippen LogP contribution in [0.5, 0.6) is 0 Å². The molecule has 14 heavy (non-hydrogen) atoms. The summed E-state index contributed by atoms with van der Waals surface area (Å²) >= 11 is 3.47. The second-order valence-corrected chi connectivity index (χ2v) is 4.88. The molecule has 1 unspecified atom stereocenters. The van der Waals surface area contributed by atoms with Gasteiger partial charge in [0.05, 0.1) is 4.47 Å². The van der Waals surface area contributed by atoms with Crippen molar-refractivity contribution in [1.29, 1.82) is 0 Å². The molecule has 1 fully saturated rings. The summed E-state index contributed by atoms with van der Waals surface area (Å²) < 4.78 is 1.04. The van der Waals surface area contributed by atoms with E-state index >= 15 is 0 Å². The standard InChI is InChI=1S/C11H15BrN2/c1-8(9-4-5-9)7-14-11-10(12)3-2-6-13-11/h2-3,6,8-9H,4-5,7H2,1H3,(H,13,14). The van der Waals surface area contributed by atoms with Crippen LogP contribution in [0.25, 0.3) is 0 Å². The Morgan fingerprint density at radius 3 is 3.07 bits per heavy atom. The van der Waals surface area contributed by atoms with Crippen LogP contribution in [0, 0.1) is 11.8 Å². The van der Waals surface area contributed by atoms with Gasteiger partial charge in [0.15, 0.2) is 0 Å². The van der Waals surface area contributed by atoms with E-state index in [0.29, 0.717) is 0 Å². The Bertz CT molecular complexity index is 310. The van der Waals surface area contributed by atoms with Crippen LogP contribution in [0.15, 0.2) is 22.8 Å². The third kappa shape index (κ3) is 2.47. The monoisotopic (exact) mass is 254 g/mol. The van der Waals surface area contributed by atoms with Crippen molar-refractivity contribution in [2.75, 3.05) is 11.9 Å². The Morgan fingerprint density at radius 2 is 2.43 bits per heavy atom. The van der Waals surface area contributed by atoms with Gasteiger partial charge in [-0.2, -0.15) is 0 Å². The number of aromatic nitrogens is 1. The van der Waals surface area contributed by atoms with Gasteiger partial charge in [-0.05, 0) is 52.7 Å². The number of nitrogens with one attached hydrogen (secondary N) is 1. The van der Waals surface area contributed by atoms with Crippen LogP contribution in [-0.4, -0.2) is 11.5 Å². The molecule has 0 bridgehead atoms. The van der Waals surface area contributed by atoms with E-state index in [1.165, 1.54) is 12.8 Å². The summed E-state index contributed by atoms with van der Waals surface area (Å²) in [5, 5.41) is 3.38. The highest BCUT2D eigenvalue weighted by molar-refractivity contribution is 9.10. The number of hydrogen-bond acceptors (Lipinski definition) is 2. The smallest absolute Gasteiger partial charge is 0.140 e. The number of halogens is 1. The Balaban J connectivity index is 1.87. The lowest BCUT2D eigenvalue weighted by atomic mass is 10.1. The first-order valence-electron chi connectivity index (χ1n) is 5.12. The number of anilines is 1. The Kier molecular flexibility index (Phi) is 3.06. The number of nitrogens with zero attached hydrogens (tertiary/aromatic N) is 1. The van der Waals surface area contributed by atoms with Crippen molar-refractivity contribution < 1.29 is 0 Å². The van der Waals surface area contributed by atoms with Gasteiger partial charge in [0, 0.05) is 12.7 Å². The van der Waals surface area contributed by atoms with E-state index in [-0.39, 0.29) is 0 Å². The van der Waals surface area contributed by atoms with Crippen molar-refractivity contribution in [1.82, 2.24) is 4.98 Å². The summed E-state index contributed by atoms with van der Waals surface area (Å²) in [6, 6.07) is 3.94. The van der Waals surface area contributed by atoms with Crippen LogP contribution in [0.1, 0.15) is 19.8 Å². The quantitative estimate of drug-likeness (QED) is 0.892. The van der Waals surface area contributed by atoms with Gasteiger partial charge < -0.3 is 5.32 Å². The molecule has 0 saturated heterocycles. The fourth-order valence-corrected chi connectivity index (χ4v) is 2.00. The van der Waals surface area contributed by atoms with E-state index in [1.54, 1.807) is 0 Å². The minimum atomic E-state index is 0.768. The van der Waals surface area contributed by atoms with Crippen molar-refractivity contribution >= 4 is 21.7 Å². The van der Waals surface area contributed by atoms with Crippen LogP contribution < -0.4 is 5.32 Å². The molecule has 2 nitrogen and oxygen atoms in total. The molecular weight excluding hydrogens is 240 g/mol. The van der Waals surface area contributed by atoms with Crippen LogP contribution in [0.4, 0.5) is 5.82 Å². The molecule has 2 rings (SSSR count). The first kappa shape index (κ1) is 9.97. The fraction of sp³-hybridized carbons (Fsp3) is 0.545. The van der Waals surface area contributed by atoms with Gasteiger partial charge in [-0.15, -0.1) is 0 Å². The highest BCUT2D eigenvalue weighted by atomic mass is 79.9. The number of pyridine rings is 1. The SMILES string of the molecule is CC(CNc1ncccc1Br)C1CC1. The summed E-state index contributed by atoms with van der Waals surface area (Å²) in [5.74, 6) is 2.67. The van der Waals surface area contributed by atoms with Crippen LogP contribution in [-0.2, 0) is 0 Å². The molecule has 0 spiro atoms.